The maximum Gasteiger partial charge on any atom is 0.414 e. The first-order valence-electron chi connectivity index (χ1n) is 16.3. The Morgan fingerprint density at radius 2 is 1.40 bits per heavy atom. The summed E-state index contributed by atoms with van der Waals surface area (Å²) in [5.74, 6) is 1.47. The normalized spacial score (nSPS) is 21.6. The van der Waals surface area contributed by atoms with E-state index >= 15 is 0 Å². The summed E-state index contributed by atoms with van der Waals surface area (Å²) in [6.45, 7) is 11.6. The number of benzene rings is 2. The molecule has 2 aromatic carbocycles. The van der Waals surface area contributed by atoms with E-state index in [0.29, 0.717) is 31.2 Å². The average Bonchev–Trinajstić information content (AvgIpc) is 3.00. The summed E-state index contributed by atoms with van der Waals surface area (Å²) >= 11 is 0. The van der Waals surface area contributed by atoms with Crippen molar-refractivity contribution in [3.05, 3.63) is 64.7 Å². The summed E-state index contributed by atoms with van der Waals surface area (Å²) in [6.07, 6.45) is 7.80. The molecule has 0 saturated carbocycles. The number of ether oxygens (including phenoxy) is 1. The van der Waals surface area contributed by atoms with Crippen molar-refractivity contribution in [2.75, 3.05) is 37.0 Å². The van der Waals surface area contributed by atoms with E-state index < -0.39 is 5.60 Å². The molecule has 8 nitrogen and oxygen atoms in total. The number of aryl methyl sites for hydroxylation is 2. The largest absolute Gasteiger partial charge is 0.443 e. The number of nitrogens with zero attached hydrogens (tertiary/aromatic N) is 4. The van der Waals surface area contributed by atoms with Crippen LogP contribution in [0.25, 0.3) is 5.70 Å². The van der Waals surface area contributed by atoms with E-state index in [9.17, 15) is 14.4 Å². The molecule has 0 aliphatic carbocycles. The van der Waals surface area contributed by atoms with Gasteiger partial charge in [0.2, 0.25) is 11.8 Å². The van der Waals surface area contributed by atoms with Gasteiger partial charge in [0.15, 0.2) is 0 Å². The Hall–Kier alpha value is -3.94. The number of amides is 3. The molecule has 0 fully saturated rings. The van der Waals surface area contributed by atoms with Crippen LogP contribution in [-0.4, -0.2) is 61.3 Å². The lowest BCUT2D eigenvalue weighted by Gasteiger charge is -2.34. The van der Waals surface area contributed by atoms with Gasteiger partial charge in [0.05, 0.1) is 5.70 Å². The Labute approximate surface area is 268 Å². The third-order valence-corrected chi connectivity index (χ3v) is 9.06. The number of aliphatic imine (C=N–C) groups is 1. The average molecular weight is 613 g/mol. The zero-order valence-electron chi connectivity index (χ0n) is 28.0. The number of hydrogen-bond acceptors (Lipinski definition) is 5. The number of anilines is 2. The Bertz CT molecular complexity index is 1540. The van der Waals surface area contributed by atoms with Gasteiger partial charge >= 0.3 is 6.09 Å². The molecule has 4 aliphatic rings. The van der Waals surface area contributed by atoms with Crippen LogP contribution in [0.3, 0.4) is 0 Å². The van der Waals surface area contributed by atoms with Gasteiger partial charge in [-0.05, 0) is 111 Å². The monoisotopic (exact) mass is 612 g/mol. The fourth-order valence-corrected chi connectivity index (χ4v) is 6.38. The Morgan fingerprint density at radius 3 is 1.96 bits per heavy atom. The van der Waals surface area contributed by atoms with E-state index in [0.717, 1.165) is 60.4 Å². The maximum atomic E-state index is 12.7. The van der Waals surface area contributed by atoms with E-state index in [4.69, 9.17) is 9.73 Å². The number of hydrogen-bond donors (Lipinski definition) is 0. The summed E-state index contributed by atoms with van der Waals surface area (Å²) in [7, 11) is 3.67. The molecule has 0 bridgehead atoms. The summed E-state index contributed by atoms with van der Waals surface area (Å²) in [6, 6.07) is 12.5. The van der Waals surface area contributed by atoms with Crippen LogP contribution in [-0.2, 0) is 27.2 Å². The standard InChI is InChI=1S/C21H28N2O3.C16H20N2O/c1-14-6-9-18(23(13-14)20(25)26-21(2,3)4)16-7-10-17-15(12-16)8-11-19(24)22(17)5;1-11-3-6-14(17-10-11)12-4-7-15-13(9-12)5-8-16(19)18(15)2/h7,9-10,12,14H,6,8,11,13H2,1-5H3;4,7,9,11H,3,5-6,8,10H2,1-2H3. The summed E-state index contributed by atoms with van der Waals surface area (Å²) in [4.78, 5) is 46.3. The summed E-state index contributed by atoms with van der Waals surface area (Å²) < 4.78 is 5.61. The molecule has 3 amide bonds. The van der Waals surface area contributed by atoms with Crippen molar-refractivity contribution in [1.29, 1.82) is 0 Å². The Kier molecular flexibility index (Phi) is 9.52. The molecule has 2 atom stereocenters. The van der Waals surface area contributed by atoms with Crippen molar-refractivity contribution < 1.29 is 19.1 Å². The van der Waals surface area contributed by atoms with Crippen molar-refractivity contribution in [2.24, 2.45) is 16.8 Å². The van der Waals surface area contributed by atoms with E-state index in [1.54, 1.807) is 14.7 Å². The second-order valence-corrected chi connectivity index (χ2v) is 14.0. The van der Waals surface area contributed by atoms with Crippen LogP contribution < -0.4 is 9.80 Å². The number of carbonyl (C=O) groups is 3. The molecule has 4 aliphatic heterocycles. The number of allylic oxidation sites excluding steroid dienone is 1. The predicted molar refractivity (Wildman–Crippen MR) is 181 cm³/mol. The van der Waals surface area contributed by atoms with Gasteiger partial charge in [-0.3, -0.25) is 19.5 Å². The molecule has 0 radical (unpaired) electrons. The van der Waals surface area contributed by atoms with Crippen LogP contribution in [0.2, 0.25) is 0 Å². The lowest BCUT2D eigenvalue weighted by Crippen LogP contribution is -2.39. The molecule has 6 rings (SSSR count). The van der Waals surface area contributed by atoms with E-state index in [-0.39, 0.29) is 17.9 Å². The molecule has 8 heteroatoms. The fourth-order valence-electron chi connectivity index (χ4n) is 6.38. The lowest BCUT2D eigenvalue weighted by atomic mass is 9.92. The molecule has 4 heterocycles. The zero-order chi connectivity index (χ0) is 32.5. The summed E-state index contributed by atoms with van der Waals surface area (Å²) in [5, 5.41) is 0. The number of rotatable bonds is 2. The van der Waals surface area contributed by atoms with Crippen molar-refractivity contribution in [1.82, 2.24) is 4.90 Å². The predicted octanol–water partition coefficient (Wildman–Crippen LogP) is 7.03. The topological polar surface area (TPSA) is 82.5 Å². The first-order valence-corrected chi connectivity index (χ1v) is 16.3. The van der Waals surface area contributed by atoms with E-state index in [2.05, 4.69) is 44.2 Å². The van der Waals surface area contributed by atoms with E-state index in [1.807, 2.05) is 47.0 Å². The third-order valence-electron chi connectivity index (χ3n) is 9.06. The van der Waals surface area contributed by atoms with Crippen molar-refractivity contribution in [3.63, 3.8) is 0 Å². The molecule has 45 heavy (non-hydrogen) atoms. The molecular formula is C37H48N4O4. The minimum absolute atomic E-state index is 0.145. The van der Waals surface area contributed by atoms with Gasteiger partial charge in [-0.25, -0.2) is 4.79 Å². The second-order valence-electron chi connectivity index (χ2n) is 14.0. The first kappa shape index (κ1) is 32.5. The van der Waals surface area contributed by atoms with Crippen molar-refractivity contribution >= 4 is 40.7 Å². The third kappa shape index (κ3) is 7.48. The van der Waals surface area contributed by atoms with Crippen LogP contribution >= 0.6 is 0 Å². The van der Waals surface area contributed by atoms with Crippen LogP contribution in [0.1, 0.15) is 89.0 Å². The molecule has 0 N–H and O–H groups in total. The van der Waals surface area contributed by atoms with Gasteiger partial charge < -0.3 is 14.5 Å². The minimum Gasteiger partial charge on any atom is -0.443 e. The SMILES string of the molecule is CC1CC=C(c2ccc3c(c2)CCC(=O)N3C)N(C(=O)OC(C)(C)C)C1.CC1CCC(c2ccc3c(c2)CCC(=O)N3C)=NC1. The minimum atomic E-state index is -0.526. The van der Waals surface area contributed by atoms with Gasteiger partial charge in [0.1, 0.15) is 5.60 Å². The van der Waals surface area contributed by atoms with Crippen molar-refractivity contribution in [3.8, 4) is 0 Å². The molecular weight excluding hydrogens is 564 g/mol. The van der Waals surface area contributed by atoms with Crippen LogP contribution in [0, 0.1) is 11.8 Å². The van der Waals surface area contributed by atoms with Gasteiger partial charge in [-0.1, -0.05) is 32.1 Å². The zero-order valence-corrected chi connectivity index (χ0v) is 28.0. The molecule has 0 aromatic heterocycles. The first-order chi connectivity index (χ1) is 21.3. The van der Waals surface area contributed by atoms with Crippen LogP contribution in [0.5, 0.6) is 0 Å². The van der Waals surface area contributed by atoms with Crippen LogP contribution in [0.4, 0.5) is 16.2 Å². The van der Waals surface area contributed by atoms with Crippen molar-refractivity contribution in [2.45, 2.75) is 85.2 Å². The Morgan fingerprint density at radius 1 is 0.822 bits per heavy atom. The molecule has 0 saturated heterocycles. The number of fused-ring (bicyclic) bond motifs is 2. The highest BCUT2D eigenvalue weighted by atomic mass is 16.6. The van der Waals surface area contributed by atoms with Gasteiger partial charge in [0.25, 0.3) is 0 Å². The van der Waals surface area contributed by atoms with Gasteiger partial charge in [-0.15, -0.1) is 0 Å². The second kappa shape index (κ2) is 13.2. The summed E-state index contributed by atoms with van der Waals surface area (Å²) in [5.41, 5.74) is 8.30. The molecule has 2 aromatic rings. The van der Waals surface area contributed by atoms with E-state index in [1.165, 1.54) is 23.3 Å². The van der Waals surface area contributed by atoms with Gasteiger partial charge in [-0.2, -0.15) is 0 Å². The fraction of sp³-hybridized carbons (Fsp3) is 0.514. The highest BCUT2D eigenvalue weighted by Crippen LogP contribution is 2.34. The maximum absolute atomic E-state index is 12.7. The highest BCUT2D eigenvalue weighted by molar-refractivity contribution is 6.03. The Balaban J connectivity index is 0.000000186. The number of carbonyl (C=O) groups excluding carboxylic acids is 3. The smallest absolute Gasteiger partial charge is 0.414 e. The highest BCUT2D eigenvalue weighted by Gasteiger charge is 2.30. The van der Waals surface area contributed by atoms with Gasteiger partial charge in [0, 0.05) is 57.1 Å². The quantitative estimate of drug-likeness (QED) is 0.365. The molecule has 2 unspecified atom stereocenters. The van der Waals surface area contributed by atoms with Crippen LogP contribution in [0.15, 0.2) is 47.5 Å². The lowest BCUT2D eigenvalue weighted by molar-refractivity contribution is -0.119. The molecule has 240 valence electrons. The molecule has 0 spiro atoms.